The maximum absolute atomic E-state index is 14.9. The van der Waals surface area contributed by atoms with E-state index in [-0.39, 0.29) is 41.3 Å². The number of aromatic hydroxyl groups is 1. The van der Waals surface area contributed by atoms with E-state index in [2.05, 4.69) is 107 Å². The largest absolute Gasteiger partial charge is 0.507 e. The Labute approximate surface area is 293 Å². The molecule has 3 rings (SSSR count). The van der Waals surface area contributed by atoms with Crippen LogP contribution in [-0.2, 0) is 38.3 Å². The van der Waals surface area contributed by atoms with Crippen LogP contribution in [0.2, 0.25) is 0 Å². The number of unbranched alkanes of at least 4 members (excludes halogenated alkanes) is 1. The average Bonchev–Trinajstić information content (AvgIpc) is 2.93. The van der Waals surface area contributed by atoms with E-state index < -0.39 is 17.4 Å². The lowest BCUT2D eigenvalue weighted by molar-refractivity contribution is -0.187. The Balaban J connectivity index is 2.13. The fourth-order valence-electron chi connectivity index (χ4n) is 8.37. The lowest BCUT2D eigenvalue weighted by Gasteiger charge is -2.53. The minimum atomic E-state index is -1.49. The van der Waals surface area contributed by atoms with Gasteiger partial charge in [0.15, 0.2) is 5.41 Å². The number of hydrogen-bond acceptors (Lipinski definition) is 7. The third-order valence-electron chi connectivity index (χ3n) is 11.6. The fourth-order valence-corrected chi connectivity index (χ4v) is 8.37. The summed E-state index contributed by atoms with van der Waals surface area (Å²) in [5.41, 5.74) is 0.626. The van der Waals surface area contributed by atoms with E-state index in [1.165, 1.54) is 0 Å². The zero-order valence-electron chi connectivity index (χ0n) is 33.1. The number of ether oxygens (including phenoxy) is 2. The first kappa shape index (κ1) is 40.3. The highest BCUT2D eigenvalue weighted by atomic mass is 16.6. The summed E-state index contributed by atoms with van der Waals surface area (Å²) in [6, 6.07) is 4.27. The molecule has 2 saturated heterocycles. The highest BCUT2D eigenvalue weighted by Gasteiger charge is 2.53. The topological polar surface area (TPSA) is 79.3 Å². The van der Waals surface area contributed by atoms with Crippen molar-refractivity contribution in [3.63, 3.8) is 0 Å². The second kappa shape index (κ2) is 15.4. The molecule has 0 aliphatic carbocycles. The van der Waals surface area contributed by atoms with E-state index in [0.29, 0.717) is 62.5 Å². The van der Waals surface area contributed by atoms with Gasteiger partial charge in [0.05, 0.1) is 0 Å². The van der Waals surface area contributed by atoms with Crippen molar-refractivity contribution in [2.24, 2.45) is 17.3 Å². The number of rotatable bonds is 13. The molecule has 1 aromatic carbocycles. The van der Waals surface area contributed by atoms with Crippen LogP contribution in [0.4, 0.5) is 0 Å². The average molecular weight is 671 g/mol. The zero-order valence-corrected chi connectivity index (χ0v) is 33.1. The number of esters is 2. The Morgan fingerprint density at radius 1 is 0.854 bits per heavy atom. The van der Waals surface area contributed by atoms with Gasteiger partial charge >= 0.3 is 11.9 Å². The molecule has 3 atom stereocenters. The van der Waals surface area contributed by atoms with Crippen molar-refractivity contribution in [1.29, 1.82) is 0 Å². The summed E-state index contributed by atoms with van der Waals surface area (Å²) in [6.45, 7) is 26.0. The Bertz CT molecular complexity index is 1220. The lowest BCUT2D eigenvalue weighted by Crippen LogP contribution is -2.61. The number of benzene rings is 1. The first-order chi connectivity index (χ1) is 22.0. The molecule has 0 bridgehead atoms. The van der Waals surface area contributed by atoms with Gasteiger partial charge in [-0.1, -0.05) is 59.6 Å². The number of nitrogens with zero attached hydrogens (tertiary/aromatic N) is 2. The molecule has 2 fully saturated rings. The van der Waals surface area contributed by atoms with Gasteiger partial charge in [-0.3, -0.25) is 19.4 Å². The number of piperidine rings is 2. The van der Waals surface area contributed by atoms with Gasteiger partial charge < -0.3 is 14.6 Å². The number of likely N-dealkylation sites (tertiary alicyclic amines) is 2. The molecular formula is C41H70N2O5. The molecule has 7 heteroatoms. The smallest absolute Gasteiger partial charge is 0.324 e. The van der Waals surface area contributed by atoms with E-state index in [4.69, 9.17) is 9.47 Å². The van der Waals surface area contributed by atoms with Crippen molar-refractivity contribution in [2.45, 2.75) is 182 Å². The molecule has 1 N–H and O–H groups in total. The predicted octanol–water partition coefficient (Wildman–Crippen LogP) is 8.51. The van der Waals surface area contributed by atoms with Crippen molar-refractivity contribution in [1.82, 2.24) is 9.80 Å². The van der Waals surface area contributed by atoms with Crippen molar-refractivity contribution in [2.75, 3.05) is 14.1 Å². The summed E-state index contributed by atoms with van der Waals surface area (Å²) in [6.07, 6.45) is 5.69. The SMILES string of the molecule is CCCCC(Cc1cc(CC(C)C)c(O)c(CC(C)C)c1)(C(=O)OC1CC(C)N(C)C(C)(C)C1)C(=O)OC1CC(C)(C)N(C)C(C)(C)C1. The second-order valence-electron chi connectivity index (χ2n) is 18.2. The van der Waals surface area contributed by atoms with Gasteiger partial charge in [-0.2, -0.15) is 0 Å². The summed E-state index contributed by atoms with van der Waals surface area (Å²) in [5, 5.41) is 11.3. The van der Waals surface area contributed by atoms with Crippen LogP contribution in [0.3, 0.4) is 0 Å². The van der Waals surface area contributed by atoms with Crippen LogP contribution in [0.25, 0.3) is 0 Å². The number of phenolic OH excluding ortho intramolecular Hbond substituents is 1. The summed E-state index contributed by atoms with van der Waals surface area (Å²) in [4.78, 5) is 34.4. The van der Waals surface area contributed by atoms with Crippen molar-refractivity contribution in [3.05, 3.63) is 28.8 Å². The zero-order chi connectivity index (χ0) is 36.4. The summed E-state index contributed by atoms with van der Waals surface area (Å²) in [7, 11) is 4.27. The van der Waals surface area contributed by atoms with Crippen LogP contribution in [0.15, 0.2) is 12.1 Å². The molecule has 0 amide bonds. The van der Waals surface area contributed by atoms with Crippen molar-refractivity contribution >= 4 is 11.9 Å². The molecule has 2 aliphatic rings. The van der Waals surface area contributed by atoms with Gasteiger partial charge in [0.2, 0.25) is 0 Å². The van der Waals surface area contributed by atoms with E-state index in [0.717, 1.165) is 29.5 Å². The summed E-state index contributed by atoms with van der Waals surface area (Å²) in [5.74, 6) is 0.0800. The molecule has 1 aromatic rings. The molecule has 0 radical (unpaired) electrons. The number of carbonyl (C=O) groups excluding carboxylic acids is 2. The Kier molecular flexibility index (Phi) is 12.9. The lowest BCUT2D eigenvalue weighted by atomic mass is 9.75. The van der Waals surface area contributed by atoms with Gasteiger partial charge in [-0.15, -0.1) is 0 Å². The third-order valence-corrected chi connectivity index (χ3v) is 11.6. The van der Waals surface area contributed by atoms with E-state index in [9.17, 15) is 14.7 Å². The van der Waals surface area contributed by atoms with Crippen LogP contribution in [0.1, 0.15) is 145 Å². The van der Waals surface area contributed by atoms with Crippen LogP contribution in [0, 0.1) is 17.3 Å². The monoisotopic (exact) mass is 671 g/mol. The van der Waals surface area contributed by atoms with Gasteiger partial charge in [0.1, 0.15) is 18.0 Å². The number of phenols is 1. The second-order valence-corrected chi connectivity index (χ2v) is 18.2. The summed E-state index contributed by atoms with van der Waals surface area (Å²) < 4.78 is 13.0. The first-order valence-electron chi connectivity index (χ1n) is 18.8. The molecule has 2 aliphatic heterocycles. The van der Waals surface area contributed by atoms with E-state index >= 15 is 0 Å². The first-order valence-corrected chi connectivity index (χ1v) is 18.8. The van der Waals surface area contributed by atoms with Gasteiger partial charge in [-0.05, 0) is 123 Å². The van der Waals surface area contributed by atoms with Crippen LogP contribution in [0.5, 0.6) is 5.75 Å². The molecule has 3 unspecified atom stereocenters. The Morgan fingerprint density at radius 3 is 1.75 bits per heavy atom. The molecule has 0 spiro atoms. The van der Waals surface area contributed by atoms with Gasteiger partial charge in [0, 0.05) is 41.9 Å². The third kappa shape index (κ3) is 9.35. The number of hydrogen-bond donors (Lipinski definition) is 1. The van der Waals surface area contributed by atoms with Crippen molar-refractivity contribution < 1.29 is 24.2 Å². The van der Waals surface area contributed by atoms with Crippen LogP contribution >= 0.6 is 0 Å². The van der Waals surface area contributed by atoms with Crippen LogP contribution in [-0.4, -0.2) is 75.8 Å². The summed E-state index contributed by atoms with van der Waals surface area (Å²) >= 11 is 0. The molecular weight excluding hydrogens is 600 g/mol. The standard InChI is InChI=1S/C41H70N2O5/c1-15-16-17-41(36(45)47-33-20-29(6)42(13)38(7,8)24-33,37(46)48-34-25-39(9,10)43(14)40(11,12)26-34)23-30-21-31(18-27(2)3)35(44)32(22-30)19-28(4)5/h21-22,27-29,33-34,44H,15-20,23-26H2,1-14H3. The highest BCUT2D eigenvalue weighted by molar-refractivity contribution is 6.00. The van der Waals surface area contributed by atoms with Gasteiger partial charge in [-0.25, -0.2) is 0 Å². The highest BCUT2D eigenvalue weighted by Crippen LogP contribution is 2.42. The van der Waals surface area contributed by atoms with Crippen LogP contribution < -0.4 is 0 Å². The number of carbonyl (C=O) groups is 2. The Morgan fingerprint density at radius 2 is 1.31 bits per heavy atom. The normalized spacial score (nSPS) is 24.4. The van der Waals surface area contributed by atoms with Crippen molar-refractivity contribution in [3.8, 4) is 5.75 Å². The molecule has 0 saturated carbocycles. The molecule has 274 valence electrons. The minimum absolute atomic E-state index is 0.144. The molecule has 7 nitrogen and oxygen atoms in total. The van der Waals surface area contributed by atoms with E-state index in [1.807, 2.05) is 12.1 Å². The molecule has 0 aromatic heterocycles. The Hall–Kier alpha value is -2.12. The fraction of sp³-hybridized carbons (Fsp3) is 0.805. The predicted molar refractivity (Wildman–Crippen MR) is 196 cm³/mol. The minimum Gasteiger partial charge on any atom is -0.507 e. The maximum atomic E-state index is 14.9. The maximum Gasteiger partial charge on any atom is 0.324 e. The molecule has 2 heterocycles. The van der Waals surface area contributed by atoms with Gasteiger partial charge in [0.25, 0.3) is 0 Å². The molecule has 48 heavy (non-hydrogen) atoms. The van der Waals surface area contributed by atoms with E-state index in [1.54, 1.807) is 0 Å². The quantitative estimate of drug-likeness (QED) is 0.167.